The van der Waals surface area contributed by atoms with E-state index in [1.807, 2.05) is 27.1 Å². The van der Waals surface area contributed by atoms with E-state index in [2.05, 4.69) is 10.1 Å². The van der Waals surface area contributed by atoms with E-state index in [4.69, 9.17) is 0 Å². The molecule has 5 heteroatoms. The highest BCUT2D eigenvalue weighted by atomic mass is 32.1. The van der Waals surface area contributed by atoms with Crippen LogP contribution in [-0.4, -0.2) is 19.9 Å². The minimum Gasteiger partial charge on any atom is -0.388 e. The zero-order valence-electron chi connectivity index (χ0n) is 9.64. The topological polar surface area (TPSA) is 50.9 Å². The minimum atomic E-state index is -0.515. The van der Waals surface area contributed by atoms with Gasteiger partial charge >= 0.3 is 0 Å². The number of hydrogen-bond acceptors (Lipinski definition) is 4. The van der Waals surface area contributed by atoms with Gasteiger partial charge in [-0.1, -0.05) is 0 Å². The molecule has 0 amide bonds. The molecule has 2 heterocycles. The Morgan fingerprint density at radius 2 is 2.25 bits per heavy atom. The van der Waals surface area contributed by atoms with Gasteiger partial charge in [0.25, 0.3) is 0 Å². The van der Waals surface area contributed by atoms with E-state index in [0.717, 1.165) is 16.3 Å². The molecule has 86 valence electrons. The Labute approximate surface area is 98.6 Å². The maximum absolute atomic E-state index is 10.0. The van der Waals surface area contributed by atoms with E-state index in [-0.39, 0.29) is 0 Å². The fourth-order valence-corrected chi connectivity index (χ4v) is 2.49. The molecule has 0 aliphatic heterocycles. The van der Waals surface area contributed by atoms with Crippen LogP contribution in [0.5, 0.6) is 0 Å². The van der Waals surface area contributed by atoms with Crippen molar-refractivity contribution in [2.24, 2.45) is 7.05 Å². The molecule has 1 atom stereocenters. The molecular weight excluding hydrogens is 222 g/mol. The van der Waals surface area contributed by atoms with Crippen LogP contribution in [0.4, 0.5) is 0 Å². The largest absolute Gasteiger partial charge is 0.388 e. The average Bonchev–Trinajstić information content (AvgIpc) is 2.75. The van der Waals surface area contributed by atoms with Gasteiger partial charge in [-0.2, -0.15) is 5.10 Å². The normalized spacial score (nSPS) is 13.0. The summed E-state index contributed by atoms with van der Waals surface area (Å²) in [6.45, 7) is 4.04. The molecule has 0 radical (unpaired) electrons. The van der Waals surface area contributed by atoms with Crippen molar-refractivity contribution >= 4 is 11.3 Å². The number of hydrogen-bond donors (Lipinski definition) is 1. The Balaban J connectivity index is 2.10. The van der Waals surface area contributed by atoms with Crippen molar-refractivity contribution in [2.75, 3.05) is 0 Å². The Morgan fingerprint density at radius 1 is 1.50 bits per heavy atom. The summed E-state index contributed by atoms with van der Waals surface area (Å²) >= 11 is 1.65. The van der Waals surface area contributed by atoms with Gasteiger partial charge in [0.1, 0.15) is 0 Å². The molecule has 16 heavy (non-hydrogen) atoms. The zero-order valence-corrected chi connectivity index (χ0v) is 10.5. The van der Waals surface area contributed by atoms with E-state index < -0.39 is 6.10 Å². The first kappa shape index (κ1) is 11.3. The second-order valence-corrected chi connectivity index (χ2v) is 5.20. The van der Waals surface area contributed by atoms with Gasteiger partial charge in [-0.15, -0.1) is 11.3 Å². The molecule has 0 saturated carbocycles. The predicted octanol–water partition coefficient (Wildman–Crippen LogP) is 1.77. The van der Waals surface area contributed by atoms with Gasteiger partial charge in [-0.3, -0.25) is 4.68 Å². The lowest BCUT2D eigenvalue weighted by Gasteiger charge is -2.04. The predicted molar refractivity (Wildman–Crippen MR) is 63.5 cm³/mol. The lowest BCUT2D eigenvalue weighted by molar-refractivity contribution is 0.178. The van der Waals surface area contributed by atoms with Crippen LogP contribution in [0.25, 0.3) is 0 Å². The Bertz CT molecular complexity index is 470. The molecule has 4 nitrogen and oxygen atoms in total. The summed E-state index contributed by atoms with van der Waals surface area (Å²) in [4.78, 5) is 5.63. The molecule has 0 saturated heterocycles. The molecule has 2 rings (SSSR count). The maximum atomic E-state index is 10.0. The summed E-state index contributed by atoms with van der Waals surface area (Å²) in [5.74, 6) is 0. The first-order valence-electron chi connectivity index (χ1n) is 5.16. The van der Waals surface area contributed by atoms with Crippen molar-refractivity contribution in [1.82, 2.24) is 14.8 Å². The second kappa shape index (κ2) is 4.35. The summed E-state index contributed by atoms with van der Waals surface area (Å²) < 4.78 is 1.69. The lowest BCUT2D eigenvalue weighted by atomic mass is 10.1. The highest BCUT2D eigenvalue weighted by molar-refractivity contribution is 7.11. The van der Waals surface area contributed by atoms with Crippen LogP contribution >= 0.6 is 11.3 Å². The van der Waals surface area contributed by atoms with Gasteiger partial charge < -0.3 is 5.11 Å². The monoisotopic (exact) mass is 237 g/mol. The van der Waals surface area contributed by atoms with Crippen LogP contribution in [-0.2, 0) is 13.5 Å². The standard InChI is InChI=1S/C11H15N3OS/c1-7-8(2)16-11(13-7)4-10(15)9-5-12-14(3)6-9/h5-6,10,15H,4H2,1-3H3. The number of aliphatic hydroxyl groups excluding tert-OH is 1. The molecule has 2 aromatic rings. The maximum Gasteiger partial charge on any atom is 0.0960 e. The highest BCUT2D eigenvalue weighted by Gasteiger charge is 2.13. The van der Waals surface area contributed by atoms with Crippen LogP contribution in [0.2, 0.25) is 0 Å². The third-order valence-corrected chi connectivity index (χ3v) is 3.65. The molecule has 1 unspecified atom stereocenters. The minimum absolute atomic E-state index is 0.515. The van der Waals surface area contributed by atoms with E-state index in [0.29, 0.717) is 6.42 Å². The number of nitrogens with zero attached hydrogens (tertiary/aromatic N) is 3. The van der Waals surface area contributed by atoms with Gasteiger partial charge in [0.15, 0.2) is 0 Å². The number of aryl methyl sites for hydroxylation is 3. The molecule has 0 bridgehead atoms. The van der Waals surface area contributed by atoms with Crippen LogP contribution in [0.3, 0.4) is 0 Å². The first-order chi connectivity index (χ1) is 7.56. The zero-order chi connectivity index (χ0) is 11.7. The summed E-state index contributed by atoms with van der Waals surface area (Å²) in [6, 6.07) is 0. The highest BCUT2D eigenvalue weighted by Crippen LogP contribution is 2.22. The molecule has 0 aliphatic carbocycles. The fourth-order valence-electron chi connectivity index (χ4n) is 1.52. The van der Waals surface area contributed by atoms with Crippen molar-refractivity contribution in [3.63, 3.8) is 0 Å². The Morgan fingerprint density at radius 3 is 2.75 bits per heavy atom. The van der Waals surface area contributed by atoms with E-state index in [1.165, 1.54) is 4.88 Å². The SMILES string of the molecule is Cc1nc(CC(O)c2cnn(C)c2)sc1C. The van der Waals surface area contributed by atoms with Gasteiger partial charge in [-0.25, -0.2) is 4.98 Å². The van der Waals surface area contributed by atoms with Crippen molar-refractivity contribution in [1.29, 1.82) is 0 Å². The second-order valence-electron chi connectivity index (χ2n) is 3.92. The van der Waals surface area contributed by atoms with Crippen molar-refractivity contribution < 1.29 is 5.11 Å². The molecule has 2 aromatic heterocycles. The Kier molecular flexibility index (Phi) is 3.07. The van der Waals surface area contributed by atoms with Crippen LogP contribution in [0.15, 0.2) is 12.4 Å². The van der Waals surface area contributed by atoms with Gasteiger partial charge in [0, 0.05) is 30.1 Å². The average molecular weight is 237 g/mol. The third-order valence-electron chi connectivity index (χ3n) is 2.55. The van der Waals surface area contributed by atoms with E-state index >= 15 is 0 Å². The van der Waals surface area contributed by atoms with Crippen LogP contribution in [0.1, 0.15) is 27.2 Å². The Hall–Kier alpha value is -1.20. The number of aliphatic hydroxyl groups is 1. The molecule has 1 N–H and O–H groups in total. The van der Waals surface area contributed by atoms with Crippen LogP contribution in [0, 0.1) is 13.8 Å². The summed E-state index contributed by atoms with van der Waals surface area (Å²) in [7, 11) is 1.84. The third kappa shape index (κ3) is 2.31. The molecule has 0 aromatic carbocycles. The first-order valence-corrected chi connectivity index (χ1v) is 5.97. The van der Waals surface area contributed by atoms with Crippen LogP contribution < -0.4 is 0 Å². The summed E-state index contributed by atoms with van der Waals surface area (Å²) in [6.07, 6.45) is 3.57. The summed E-state index contributed by atoms with van der Waals surface area (Å²) in [5.41, 5.74) is 1.89. The lowest BCUT2D eigenvalue weighted by Crippen LogP contribution is -2.00. The smallest absolute Gasteiger partial charge is 0.0960 e. The van der Waals surface area contributed by atoms with Crippen molar-refractivity contribution in [2.45, 2.75) is 26.4 Å². The van der Waals surface area contributed by atoms with Gasteiger partial charge in [-0.05, 0) is 13.8 Å². The number of rotatable bonds is 3. The summed E-state index contributed by atoms with van der Waals surface area (Å²) in [5, 5.41) is 15.0. The molecule has 0 fully saturated rings. The van der Waals surface area contributed by atoms with E-state index in [9.17, 15) is 5.11 Å². The fraction of sp³-hybridized carbons (Fsp3) is 0.455. The quantitative estimate of drug-likeness (QED) is 0.885. The van der Waals surface area contributed by atoms with Crippen molar-refractivity contribution in [3.05, 3.63) is 33.5 Å². The molecule has 0 aliphatic rings. The number of aromatic nitrogens is 3. The van der Waals surface area contributed by atoms with Crippen molar-refractivity contribution in [3.8, 4) is 0 Å². The van der Waals surface area contributed by atoms with Gasteiger partial charge in [0.2, 0.25) is 0 Å². The molecular formula is C11H15N3OS. The van der Waals surface area contributed by atoms with E-state index in [1.54, 1.807) is 22.2 Å². The molecule has 0 spiro atoms. The number of thiazole rings is 1. The van der Waals surface area contributed by atoms with Gasteiger partial charge in [0.05, 0.1) is 23.0 Å².